The van der Waals surface area contributed by atoms with E-state index in [1.54, 1.807) is 0 Å². The van der Waals surface area contributed by atoms with Gasteiger partial charge in [0.1, 0.15) is 0 Å². The number of hydrogen-bond donors (Lipinski definition) is 0. The molecule has 0 saturated heterocycles. The molecule has 5 heteroatoms. The molecule has 14 aromatic rings. The molecule has 4 aromatic heterocycles. The van der Waals surface area contributed by atoms with E-state index < -0.39 is 0 Å². The molecule has 0 aliphatic carbocycles. The van der Waals surface area contributed by atoms with Crippen LogP contribution in [-0.4, -0.2) is 23.7 Å². The van der Waals surface area contributed by atoms with Crippen LogP contribution in [0.25, 0.3) is 127 Å². The third-order valence-electron chi connectivity index (χ3n) is 13.9. The summed E-state index contributed by atoms with van der Waals surface area (Å²) in [5.41, 5.74) is 17.7. The summed E-state index contributed by atoms with van der Waals surface area (Å²) in [5.74, 6) is 0.691. The van der Waals surface area contributed by atoms with Crippen molar-refractivity contribution in [2.75, 3.05) is 0 Å². The topological polar surface area (TPSA) is 40.6 Å². The summed E-state index contributed by atoms with van der Waals surface area (Å²) >= 11 is 0. The first-order chi connectivity index (χ1) is 34.2. The summed E-state index contributed by atoms with van der Waals surface area (Å²) in [7, 11) is 0. The second-order valence-corrected chi connectivity index (χ2v) is 17.8. The predicted molar refractivity (Wildman–Crippen MR) is 287 cm³/mol. The second-order valence-electron chi connectivity index (χ2n) is 17.8. The largest absolute Gasteiger partial charge is 0.309 e. The molecule has 0 saturated carbocycles. The van der Waals surface area contributed by atoms with E-state index in [4.69, 9.17) is 9.97 Å². The Hall–Kier alpha value is -9.32. The standard InChI is InChI=1S/C64H41N5/c1-5-17-42(18-6-1)63-62(41-65-64(66-63)43-19-7-2-8-20-43)69-60-35-31-46(44-29-33-58-52(37-44)50-25-13-15-27-56(50)67(58)48-21-9-3-10-22-48)39-54(60)55-40-47(32-36-61(55)69)45-30-34-59-53(38-45)51-26-14-16-28-57(51)68(59)49-23-11-4-12-24-49/h1-41H. The van der Waals surface area contributed by atoms with E-state index in [-0.39, 0.29) is 0 Å². The zero-order valence-electron chi connectivity index (χ0n) is 37.4. The van der Waals surface area contributed by atoms with Crippen molar-refractivity contribution in [3.05, 3.63) is 249 Å². The van der Waals surface area contributed by atoms with Crippen molar-refractivity contribution in [2.24, 2.45) is 0 Å². The molecule has 4 heterocycles. The van der Waals surface area contributed by atoms with Gasteiger partial charge in [0, 0.05) is 54.8 Å². The van der Waals surface area contributed by atoms with E-state index in [1.165, 1.54) is 43.6 Å². The average Bonchev–Trinajstić information content (AvgIpc) is 4.06. The maximum Gasteiger partial charge on any atom is 0.159 e. The maximum absolute atomic E-state index is 5.33. The Morgan fingerprint density at radius 3 is 1.06 bits per heavy atom. The lowest BCUT2D eigenvalue weighted by atomic mass is 9.98. The van der Waals surface area contributed by atoms with Crippen molar-refractivity contribution in [3.8, 4) is 62.0 Å². The lowest BCUT2D eigenvalue weighted by Gasteiger charge is -2.14. The van der Waals surface area contributed by atoms with Gasteiger partial charge in [-0.25, -0.2) is 9.97 Å². The first kappa shape index (κ1) is 38.9. The lowest BCUT2D eigenvalue weighted by Crippen LogP contribution is -2.02. The zero-order valence-corrected chi connectivity index (χ0v) is 37.4. The van der Waals surface area contributed by atoms with Gasteiger partial charge in [0.25, 0.3) is 0 Å². The quantitative estimate of drug-likeness (QED) is 0.160. The van der Waals surface area contributed by atoms with E-state index in [9.17, 15) is 0 Å². The van der Waals surface area contributed by atoms with Crippen LogP contribution in [0.5, 0.6) is 0 Å². The predicted octanol–water partition coefficient (Wildman–Crippen LogP) is 16.4. The molecule has 0 aliphatic heterocycles. The van der Waals surface area contributed by atoms with Crippen molar-refractivity contribution in [1.82, 2.24) is 23.7 Å². The smallest absolute Gasteiger partial charge is 0.159 e. The van der Waals surface area contributed by atoms with Gasteiger partial charge in [0.2, 0.25) is 0 Å². The Morgan fingerprint density at radius 1 is 0.261 bits per heavy atom. The molecule has 0 atom stereocenters. The van der Waals surface area contributed by atoms with Crippen molar-refractivity contribution >= 4 is 65.4 Å². The first-order valence-corrected chi connectivity index (χ1v) is 23.5. The Balaban J connectivity index is 0.996. The highest BCUT2D eigenvalue weighted by Crippen LogP contribution is 2.42. The molecule has 10 aromatic carbocycles. The SMILES string of the molecule is c1ccc(-c2ncc(-n3c4ccc(-c5ccc6c(c5)c5ccccc5n6-c5ccccc5)cc4c4cc(-c5ccc6c(c5)c5ccccc5n6-c5ccccc5)ccc43)c(-c3ccccc3)n2)cc1. The van der Waals surface area contributed by atoms with E-state index in [2.05, 4.69) is 238 Å². The number of nitrogens with zero attached hydrogens (tertiary/aromatic N) is 5. The van der Waals surface area contributed by atoms with Gasteiger partial charge in [-0.1, -0.05) is 158 Å². The van der Waals surface area contributed by atoms with E-state index in [1.807, 2.05) is 24.4 Å². The lowest BCUT2D eigenvalue weighted by molar-refractivity contribution is 1.09. The maximum atomic E-state index is 5.33. The van der Waals surface area contributed by atoms with Crippen LogP contribution in [-0.2, 0) is 0 Å². The molecule has 0 fully saturated rings. The summed E-state index contributed by atoms with van der Waals surface area (Å²) in [6.07, 6.45) is 2.01. The van der Waals surface area contributed by atoms with Gasteiger partial charge in [-0.15, -0.1) is 0 Å². The van der Waals surface area contributed by atoms with Gasteiger partial charge in [-0.2, -0.15) is 0 Å². The van der Waals surface area contributed by atoms with Crippen LogP contribution in [0.3, 0.4) is 0 Å². The molecule has 0 bridgehead atoms. The van der Waals surface area contributed by atoms with Crippen LogP contribution in [0.1, 0.15) is 0 Å². The third kappa shape index (κ3) is 6.25. The minimum absolute atomic E-state index is 0.691. The third-order valence-corrected chi connectivity index (χ3v) is 13.9. The van der Waals surface area contributed by atoms with Gasteiger partial charge in [0.15, 0.2) is 5.82 Å². The van der Waals surface area contributed by atoms with Gasteiger partial charge >= 0.3 is 0 Å². The normalized spacial score (nSPS) is 11.8. The molecule has 0 N–H and O–H groups in total. The molecular formula is C64H41N5. The van der Waals surface area contributed by atoms with Crippen LogP contribution in [0.2, 0.25) is 0 Å². The van der Waals surface area contributed by atoms with Crippen molar-refractivity contribution in [2.45, 2.75) is 0 Å². The van der Waals surface area contributed by atoms with Gasteiger partial charge in [0.05, 0.1) is 50.7 Å². The fraction of sp³-hybridized carbons (Fsp3) is 0. The summed E-state index contributed by atoms with van der Waals surface area (Å²) in [6.45, 7) is 0. The van der Waals surface area contributed by atoms with Crippen molar-refractivity contribution in [3.63, 3.8) is 0 Å². The molecule has 69 heavy (non-hydrogen) atoms. The zero-order chi connectivity index (χ0) is 45.4. The fourth-order valence-electron chi connectivity index (χ4n) is 10.7. The summed E-state index contributed by atoms with van der Waals surface area (Å²) in [4.78, 5) is 10.4. The molecule has 0 amide bonds. The Kier molecular flexibility index (Phi) is 8.83. The van der Waals surface area contributed by atoms with E-state index >= 15 is 0 Å². The van der Waals surface area contributed by atoms with Crippen LogP contribution in [0.4, 0.5) is 0 Å². The number of para-hydroxylation sites is 4. The van der Waals surface area contributed by atoms with Crippen LogP contribution >= 0.6 is 0 Å². The minimum Gasteiger partial charge on any atom is -0.309 e. The van der Waals surface area contributed by atoms with Crippen molar-refractivity contribution in [1.29, 1.82) is 0 Å². The van der Waals surface area contributed by atoms with Crippen molar-refractivity contribution < 1.29 is 0 Å². The molecule has 14 rings (SSSR count). The average molecular weight is 880 g/mol. The minimum atomic E-state index is 0.691. The summed E-state index contributed by atoms with van der Waals surface area (Å²) in [6, 6.07) is 87.2. The van der Waals surface area contributed by atoms with Crippen LogP contribution in [0.15, 0.2) is 249 Å². The van der Waals surface area contributed by atoms with E-state index in [0.717, 1.165) is 77.9 Å². The summed E-state index contributed by atoms with van der Waals surface area (Å²) in [5, 5.41) is 7.23. The molecule has 5 nitrogen and oxygen atoms in total. The van der Waals surface area contributed by atoms with E-state index in [0.29, 0.717) is 5.82 Å². The molecule has 0 radical (unpaired) electrons. The molecule has 0 spiro atoms. The molecular weight excluding hydrogens is 839 g/mol. The monoisotopic (exact) mass is 879 g/mol. The number of benzene rings is 10. The fourth-order valence-corrected chi connectivity index (χ4v) is 10.7. The number of fused-ring (bicyclic) bond motifs is 9. The Bertz CT molecular complexity index is 4070. The Labute approximate surface area is 398 Å². The molecule has 0 aliphatic rings. The van der Waals surface area contributed by atoms with Gasteiger partial charge < -0.3 is 13.7 Å². The highest BCUT2D eigenvalue weighted by atomic mass is 15.0. The van der Waals surface area contributed by atoms with Crippen LogP contribution in [0, 0.1) is 0 Å². The second kappa shape index (κ2) is 15.7. The first-order valence-electron chi connectivity index (χ1n) is 23.5. The van der Waals surface area contributed by atoms with Gasteiger partial charge in [-0.3, -0.25) is 0 Å². The highest BCUT2D eigenvalue weighted by molar-refractivity contribution is 6.15. The Morgan fingerprint density at radius 2 is 0.609 bits per heavy atom. The van der Waals surface area contributed by atoms with Gasteiger partial charge in [-0.05, 0) is 107 Å². The molecule has 322 valence electrons. The molecule has 0 unspecified atom stereocenters. The number of aromatic nitrogens is 5. The van der Waals surface area contributed by atoms with Crippen LogP contribution < -0.4 is 0 Å². The number of rotatable bonds is 7. The highest BCUT2D eigenvalue weighted by Gasteiger charge is 2.21. The summed E-state index contributed by atoms with van der Waals surface area (Å²) < 4.78 is 7.11. The number of hydrogen-bond acceptors (Lipinski definition) is 2.